The van der Waals surface area contributed by atoms with E-state index in [1.54, 1.807) is 11.0 Å². The first-order valence-electron chi connectivity index (χ1n) is 9.90. The second-order valence-corrected chi connectivity index (χ2v) is 9.11. The van der Waals surface area contributed by atoms with Gasteiger partial charge in [-0.15, -0.1) is 0 Å². The maximum Gasteiger partial charge on any atom is 0.264 e. The number of aryl methyl sites for hydroxylation is 1. The van der Waals surface area contributed by atoms with E-state index in [0.29, 0.717) is 12.2 Å². The van der Waals surface area contributed by atoms with Gasteiger partial charge in [-0.2, -0.15) is 0 Å². The third-order valence-corrected chi connectivity index (χ3v) is 6.41. The Morgan fingerprint density at radius 1 is 1.03 bits per heavy atom. The average Bonchev–Trinajstić information content (AvgIpc) is 3.17. The van der Waals surface area contributed by atoms with E-state index in [9.17, 15) is 18.0 Å². The van der Waals surface area contributed by atoms with Gasteiger partial charge in [0, 0.05) is 36.7 Å². The van der Waals surface area contributed by atoms with E-state index < -0.39 is 15.9 Å². The Morgan fingerprint density at radius 3 is 2.34 bits per heavy atom. The van der Waals surface area contributed by atoms with Crippen molar-refractivity contribution in [3.63, 3.8) is 0 Å². The van der Waals surface area contributed by atoms with Crippen molar-refractivity contribution in [2.45, 2.75) is 18.2 Å². The van der Waals surface area contributed by atoms with Crippen LogP contribution in [0.5, 0.6) is 0 Å². The molecule has 0 spiro atoms. The molecule has 0 radical (unpaired) electrons. The van der Waals surface area contributed by atoms with E-state index in [2.05, 4.69) is 20.0 Å². The number of rotatable bonds is 6. The number of carbonyl (C=O) groups is 2. The SMILES string of the molecule is Cc1ccc(N2CC(C(=O)Nc3ccc(S(=O)(=O)Nc4ncccn4)cc3)CC2=O)cc1. The highest BCUT2D eigenvalue weighted by atomic mass is 32.2. The predicted molar refractivity (Wildman–Crippen MR) is 120 cm³/mol. The van der Waals surface area contributed by atoms with Crippen LogP contribution in [0, 0.1) is 12.8 Å². The number of nitrogens with zero attached hydrogens (tertiary/aromatic N) is 3. The fourth-order valence-corrected chi connectivity index (χ4v) is 4.31. The van der Waals surface area contributed by atoms with Crippen LogP contribution in [0.15, 0.2) is 71.9 Å². The van der Waals surface area contributed by atoms with Crippen LogP contribution in [-0.2, 0) is 19.6 Å². The van der Waals surface area contributed by atoms with E-state index in [1.807, 2.05) is 31.2 Å². The maximum absolute atomic E-state index is 12.7. The Labute approximate surface area is 185 Å². The molecule has 0 saturated carbocycles. The van der Waals surface area contributed by atoms with Crippen LogP contribution in [0.25, 0.3) is 0 Å². The second-order valence-electron chi connectivity index (χ2n) is 7.43. The van der Waals surface area contributed by atoms with Gasteiger partial charge in [0.15, 0.2) is 0 Å². The van der Waals surface area contributed by atoms with Crippen LogP contribution in [0.4, 0.5) is 17.3 Å². The van der Waals surface area contributed by atoms with Crippen LogP contribution in [0.2, 0.25) is 0 Å². The van der Waals surface area contributed by atoms with Crippen molar-refractivity contribution in [3.8, 4) is 0 Å². The number of aromatic nitrogens is 2. The summed E-state index contributed by atoms with van der Waals surface area (Å²) in [5.74, 6) is -0.929. The maximum atomic E-state index is 12.7. The van der Waals surface area contributed by atoms with Crippen molar-refractivity contribution in [1.82, 2.24) is 9.97 Å². The molecule has 1 atom stereocenters. The Balaban J connectivity index is 1.40. The molecule has 1 aliphatic rings. The predicted octanol–water partition coefficient (Wildman–Crippen LogP) is 2.58. The van der Waals surface area contributed by atoms with Gasteiger partial charge in [-0.3, -0.25) is 9.59 Å². The van der Waals surface area contributed by atoms with Gasteiger partial charge in [0.1, 0.15) is 0 Å². The number of anilines is 3. The van der Waals surface area contributed by atoms with Gasteiger partial charge in [0.25, 0.3) is 10.0 Å². The van der Waals surface area contributed by atoms with E-state index >= 15 is 0 Å². The molecule has 2 N–H and O–H groups in total. The number of hydrogen-bond acceptors (Lipinski definition) is 6. The van der Waals surface area contributed by atoms with Crippen molar-refractivity contribution in [3.05, 3.63) is 72.6 Å². The molecule has 9 nitrogen and oxygen atoms in total. The molecule has 4 rings (SSSR count). The van der Waals surface area contributed by atoms with E-state index in [4.69, 9.17) is 0 Å². The lowest BCUT2D eigenvalue weighted by Crippen LogP contribution is -2.28. The molecule has 0 aliphatic carbocycles. The molecule has 32 heavy (non-hydrogen) atoms. The zero-order valence-corrected chi connectivity index (χ0v) is 18.0. The summed E-state index contributed by atoms with van der Waals surface area (Å²) in [5, 5.41) is 2.76. The first-order valence-corrected chi connectivity index (χ1v) is 11.4. The molecule has 2 amide bonds. The number of amides is 2. The third kappa shape index (κ3) is 4.75. The Bertz CT molecular complexity index is 1230. The Morgan fingerprint density at radius 2 is 1.69 bits per heavy atom. The van der Waals surface area contributed by atoms with Crippen LogP contribution in [0.3, 0.4) is 0 Å². The van der Waals surface area contributed by atoms with Gasteiger partial charge in [0.2, 0.25) is 17.8 Å². The fourth-order valence-electron chi connectivity index (χ4n) is 3.35. The normalized spacial score (nSPS) is 16.1. The highest BCUT2D eigenvalue weighted by molar-refractivity contribution is 7.92. The Hall–Kier alpha value is -3.79. The zero-order chi connectivity index (χ0) is 22.7. The number of hydrogen-bond donors (Lipinski definition) is 2. The van der Waals surface area contributed by atoms with Gasteiger partial charge in [-0.25, -0.2) is 23.1 Å². The number of sulfonamides is 1. The molecule has 2 aromatic carbocycles. The summed E-state index contributed by atoms with van der Waals surface area (Å²) in [6, 6.07) is 14.9. The standard InChI is InChI=1S/C22H21N5O4S/c1-15-3-7-18(8-4-15)27-14-16(13-20(27)28)21(29)25-17-5-9-19(10-6-17)32(30,31)26-22-23-11-2-12-24-22/h2-12,16H,13-14H2,1H3,(H,25,29)(H,23,24,26). The first-order chi connectivity index (χ1) is 15.3. The molecular formula is C22H21N5O4S. The topological polar surface area (TPSA) is 121 Å². The summed E-state index contributed by atoms with van der Waals surface area (Å²) in [6.07, 6.45) is 2.97. The van der Waals surface area contributed by atoms with E-state index in [0.717, 1.165) is 11.3 Å². The number of nitrogens with one attached hydrogen (secondary N) is 2. The van der Waals surface area contributed by atoms with Crippen LogP contribution in [0.1, 0.15) is 12.0 Å². The van der Waals surface area contributed by atoms with Crippen molar-refractivity contribution in [2.75, 3.05) is 21.5 Å². The van der Waals surface area contributed by atoms with E-state index in [-0.39, 0.29) is 29.1 Å². The van der Waals surface area contributed by atoms with Crippen molar-refractivity contribution < 1.29 is 18.0 Å². The summed E-state index contributed by atoms with van der Waals surface area (Å²) >= 11 is 0. The molecule has 1 saturated heterocycles. The van der Waals surface area contributed by atoms with Gasteiger partial charge in [-0.05, 0) is 49.4 Å². The van der Waals surface area contributed by atoms with Crippen LogP contribution < -0.4 is 14.9 Å². The lowest BCUT2D eigenvalue weighted by molar-refractivity contribution is -0.122. The summed E-state index contributed by atoms with van der Waals surface area (Å²) in [7, 11) is -3.86. The van der Waals surface area contributed by atoms with Crippen LogP contribution >= 0.6 is 0 Å². The van der Waals surface area contributed by atoms with Gasteiger partial charge in [-0.1, -0.05) is 17.7 Å². The minimum atomic E-state index is -3.86. The number of benzene rings is 2. The first kappa shape index (κ1) is 21.4. The summed E-state index contributed by atoms with van der Waals surface area (Å²) in [4.78, 5) is 34.4. The molecule has 2 heterocycles. The largest absolute Gasteiger partial charge is 0.326 e. The number of carbonyl (C=O) groups excluding carboxylic acids is 2. The lowest BCUT2D eigenvalue weighted by Gasteiger charge is -2.17. The average molecular weight is 452 g/mol. The quantitative estimate of drug-likeness (QED) is 0.594. The van der Waals surface area contributed by atoms with Gasteiger partial charge >= 0.3 is 0 Å². The monoisotopic (exact) mass is 451 g/mol. The molecule has 164 valence electrons. The molecule has 3 aromatic rings. The summed E-state index contributed by atoms with van der Waals surface area (Å²) in [5.41, 5.74) is 2.29. The van der Waals surface area contributed by atoms with Crippen LogP contribution in [-0.4, -0.2) is 36.7 Å². The highest BCUT2D eigenvalue weighted by Crippen LogP contribution is 2.26. The molecule has 1 fully saturated rings. The summed E-state index contributed by atoms with van der Waals surface area (Å²) < 4.78 is 27.2. The molecular weight excluding hydrogens is 430 g/mol. The van der Waals surface area contributed by atoms with Gasteiger partial charge < -0.3 is 10.2 Å². The molecule has 1 aromatic heterocycles. The van der Waals surface area contributed by atoms with Gasteiger partial charge in [0.05, 0.1) is 10.8 Å². The fraction of sp³-hybridized carbons (Fsp3) is 0.182. The van der Waals surface area contributed by atoms with E-state index in [1.165, 1.54) is 36.7 Å². The molecule has 1 unspecified atom stereocenters. The molecule has 10 heteroatoms. The second kappa shape index (κ2) is 8.75. The lowest BCUT2D eigenvalue weighted by atomic mass is 10.1. The minimum absolute atomic E-state index is 0.00421. The third-order valence-electron chi connectivity index (χ3n) is 5.07. The minimum Gasteiger partial charge on any atom is -0.326 e. The van der Waals surface area contributed by atoms with Crippen molar-refractivity contribution >= 4 is 39.2 Å². The highest BCUT2D eigenvalue weighted by Gasteiger charge is 2.35. The summed E-state index contributed by atoms with van der Waals surface area (Å²) in [6.45, 7) is 2.26. The molecule has 0 bridgehead atoms. The smallest absolute Gasteiger partial charge is 0.264 e. The molecule has 1 aliphatic heterocycles. The zero-order valence-electron chi connectivity index (χ0n) is 17.2. The Kier molecular flexibility index (Phi) is 5.87. The van der Waals surface area contributed by atoms with Crippen molar-refractivity contribution in [1.29, 1.82) is 0 Å². The van der Waals surface area contributed by atoms with Crippen molar-refractivity contribution in [2.24, 2.45) is 5.92 Å².